The molecule has 0 aliphatic rings. The molecule has 5 nitrogen and oxygen atoms in total. The van der Waals surface area contributed by atoms with Gasteiger partial charge < -0.3 is 4.42 Å². The van der Waals surface area contributed by atoms with Crippen LogP contribution in [0.1, 0.15) is 11.3 Å². The Bertz CT molecular complexity index is 1120. The van der Waals surface area contributed by atoms with E-state index >= 15 is 0 Å². The number of nitrogens with zero attached hydrogens (tertiary/aromatic N) is 2. The minimum atomic E-state index is -0.178. The zero-order valence-corrected chi connectivity index (χ0v) is 15.7. The van der Waals surface area contributed by atoms with Crippen molar-refractivity contribution in [3.05, 3.63) is 90.3 Å². The van der Waals surface area contributed by atoms with Gasteiger partial charge in [0.15, 0.2) is 5.09 Å². The Kier molecular flexibility index (Phi) is 5.49. The number of furan rings is 1. The van der Waals surface area contributed by atoms with Crippen molar-refractivity contribution in [2.45, 2.75) is 16.5 Å². The monoisotopic (exact) mass is 387 g/mol. The summed E-state index contributed by atoms with van der Waals surface area (Å²) in [5.74, 6) is 0.381. The molecule has 0 aliphatic carbocycles. The summed E-state index contributed by atoms with van der Waals surface area (Å²) in [5.41, 5.74) is 3.52. The first kappa shape index (κ1) is 18.0. The van der Waals surface area contributed by atoms with Crippen LogP contribution < -0.4 is 5.43 Å². The number of hydrazone groups is 1. The Morgan fingerprint density at radius 2 is 1.89 bits per heavy atom. The van der Waals surface area contributed by atoms with Crippen molar-refractivity contribution < 1.29 is 9.21 Å². The second-order valence-electron chi connectivity index (χ2n) is 6.04. The van der Waals surface area contributed by atoms with Gasteiger partial charge in [-0.25, -0.2) is 10.4 Å². The van der Waals surface area contributed by atoms with E-state index in [2.05, 4.69) is 15.5 Å². The third-order valence-corrected chi connectivity index (χ3v) is 4.93. The summed E-state index contributed by atoms with van der Waals surface area (Å²) in [6.45, 7) is 0. The number of fused-ring (bicyclic) bond motifs is 1. The number of hydrogen-bond donors (Lipinski definition) is 1. The van der Waals surface area contributed by atoms with E-state index < -0.39 is 0 Å². The minimum Gasteiger partial charge on any atom is -0.448 e. The Morgan fingerprint density at radius 1 is 1.04 bits per heavy atom. The molecule has 28 heavy (non-hydrogen) atoms. The first-order valence-corrected chi connectivity index (χ1v) is 9.57. The minimum absolute atomic E-state index is 0.178. The summed E-state index contributed by atoms with van der Waals surface area (Å²) in [6.07, 6.45) is 3.49. The van der Waals surface area contributed by atoms with Gasteiger partial charge in [-0.15, -0.1) is 0 Å². The average Bonchev–Trinajstić information content (AvgIpc) is 3.16. The molecule has 138 valence electrons. The summed E-state index contributed by atoms with van der Waals surface area (Å²) < 4.78 is 5.67. The molecule has 0 unspecified atom stereocenters. The molecule has 2 aromatic heterocycles. The molecule has 6 heteroatoms. The van der Waals surface area contributed by atoms with Crippen LogP contribution in [-0.2, 0) is 11.2 Å². The van der Waals surface area contributed by atoms with Gasteiger partial charge in [-0.3, -0.25) is 4.79 Å². The molecule has 0 fully saturated rings. The van der Waals surface area contributed by atoms with E-state index in [0.717, 1.165) is 21.4 Å². The van der Waals surface area contributed by atoms with Crippen LogP contribution in [0, 0.1) is 0 Å². The number of benzene rings is 2. The number of nitrogens with one attached hydrogen (secondary N) is 1. The van der Waals surface area contributed by atoms with Gasteiger partial charge in [-0.1, -0.05) is 48.5 Å². The second-order valence-corrected chi connectivity index (χ2v) is 7.06. The SMILES string of the molecule is O=C(Cc1cccc2ccccc12)NN=Cc1ccc(Sc2ccccn2)o1. The van der Waals surface area contributed by atoms with E-state index in [4.69, 9.17) is 4.42 Å². The number of pyridine rings is 1. The number of amides is 1. The maximum Gasteiger partial charge on any atom is 0.244 e. The Balaban J connectivity index is 1.35. The van der Waals surface area contributed by atoms with Crippen molar-refractivity contribution in [3.63, 3.8) is 0 Å². The summed E-state index contributed by atoms with van der Waals surface area (Å²) in [7, 11) is 0. The Hall–Kier alpha value is -3.38. The van der Waals surface area contributed by atoms with Crippen molar-refractivity contribution in [3.8, 4) is 0 Å². The van der Waals surface area contributed by atoms with Gasteiger partial charge >= 0.3 is 0 Å². The first-order chi connectivity index (χ1) is 13.8. The lowest BCUT2D eigenvalue weighted by Gasteiger charge is -2.05. The van der Waals surface area contributed by atoms with Crippen LogP contribution in [0.25, 0.3) is 10.8 Å². The molecule has 0 radical (unpaired) electrons. The van der Waals surface area contributed by atoms with Crippen LogP contribution in [0.3, 0.4) is 0 Å². The second kappa shape index (κ2) is 8.54. The van der Waals surface area contributed by atoms with Gasteiger partial charge in [0.1, 0.15) is 10.8 Å². The lowest BCUT2D eigenvalue weighted by atomic mass is 10.0. The number of carbonyl (C=O) groups excluding carboxylic acids is 1. The quantitative estimate of drug-likeness (QED) is 0.386. The molecule has 0 atom stereocenters. The molecule has 2 heterocycles. The van der Waals surface area contributed by atoms with E-state index in [1.807, 2.05) is 66.7 Å². The van der Waals surface area contributed by atoms with Gasteiger partial charge in [-0.2, -0.15) is 5.10 Å². The summed E-state index contributed by atoms with van der Waals surface area (Å²) >= 11 is 1.42. The van der Waals surface area contributed by atoms with E-state index in [1.54, 1.807) is 12.3 Å². The van der Waals surface area contributed by atoms with Crippen LogP contribution >= 0.6 is 11.8 Å². The highest BCUT2D eigenvalue weighted by Gasteiger charge is 2.07. The zero-order valence-electron chi connectivity index (χ0n) is 14.9. The molecule has 0 spiro atoms. The molecule has 0 saturated carbocycles. The van der Waals surface area contributed by atoms with Gasteiger partial charge in [0.05, 0.1) is 12.6 Å². The highest BCUT2D eigenvalue weighted by molar-refractivity contribution is 7.99. The predicted octanol–water partition coefficient (Wildman–Crippen LogP) is 4.67. The molecule has 0 bridgehead atoms. The first-order valence-electron chi connectivity index (χ1n) is 8.75. The smallest absolute Gasteiger partial charge is 0.244 e. The van der Waals surface area contributed by atoms with E-state index in [1.165, 1.54) is 18.0 Å². The van der Waals surface area contributed by atoms with E-state index in [9.17, 15) is 4.79 Å². The molecule has 4 rings (SSSR count). The van der Waals surface area contributed by atoms with Crippen molar-refractivity contribution in [1.82, 2.24) is 10.4 Å². The summed E-state index contributed by atoms with van der Waals surface area (Å²) in [6, 6.07) is 23.3. The zero-order chi connectivity index (χ0) is 19.2. The maximum atomic E-state index is 12.2. The van der Waals surface area contributed by atoms with Crippen LogP contribution in [0.5, 0.6) is 0 Å². The van der Waals surface area contributed by atoms with Crippen molar-refractivity contribution in [1.29, 1.82) is 0 Å². The fourth-order valence-electron chi connectivity index (χ4n) is 2.80. The predicted molar refractivity (Wildman–Crippen MR) is 110 cm³/mol. The highest BCUT2D eigenvalue weighted by atomic mass is 32.2. The van der Waals surface area contributed by atoms with E-state index in [0.29, 0.717) is 10.9 Å². The number of carbonyl (C=O) groups is 1. The van der Waals surface area contributed by atoms with Gasteiger partial charge in [-0.05, 0) is 52.4 Å². The lowest BCUT2D eigenvalue weighted by molar-refractivity contribution is -0.120. The van der Waals surface area contributed by atoms with Crippen molar-refractivity contribution in [2.75, 3.05) is 0 Å². The summed E-state index contributed by atoms with van der Waals surface area (Å²) in [5, 5.41) is 7.75. The molecule has 0 saturated heterocycles. The van der Waals surface area contributed by atoms with Crippen LogP contribution in [0.4, 0.5) is 0 Å². The fourth-order valence-corrected chi connectivity index (χ4v) is 3.54. The molecular formula is C22H17N3O2S. The molecule has 2 aromatic carbocycles. The molecule has 1 N–H and O–H groups in total. The lowest BCUT2D eigenvalue weighted by Crippen LogP contribution is -2.19. The van der Waals surface area contributed by atoms with Crippen LogP contribution in [0.15, 0.2) is 98.6 Å². The number of aromatic nitrogens is 1. The average molecular weight is 387 g/mol. The molecule has 1 amide bonds. The van der Waals surface area contributed by atoms with Crippen LogP contribution in [0.2, 0.25) is 0 Å². The molecule has 0 aliphatic heterocycles. The standard InChI is InChI=1S/C22H17N3O2S/c26-20(14-17-8-5-7-16-6-1-2-9-19(16)17)25-24-15-18-11-12-22(27-18)28-21-10-3-4-13-23-21/h1-13,15H,14H2,(H,25,26). The van der Waals surface area contributed by atoms with Crippen LogP contribution in [-0.4, -0.2) is 17.1 Å². The number of hydrogen-bond acceptors (Lipinski definition) is 5. The van der Waals surface area contributed by atoms with E-state index in [-0.39, 0.29) is 12.3 Å². The summed E-state index contributed by atoms with van der Waals surface area (Å²) in [4.78, 5) is 16.5. The third-order valence-electron chi connectivity index (χ3n) is 4.06. The Morgan fingerprint density at radius 3 is 2.79 bits per heavy atom. The Labute approximate surface area is 166 Å². The topological polar surface area (TPSA) is 67.5 Å². The van der Waals surface area contributed by atoms with Gasteiger partial charge in [0, 0.05) is 6.20 Å². The number of rotatable bonds is 6. The molecule has 4 aromatic rings. The van der Waals surface area contributed by atoms with Gasteiger partial charge in [0.25, 0.3) is 0 Å². The van der Waals surface area contributed by atoms with Crippen molar-refractivity contribution in [2.24, 2.45) is 5.10 Å². The normalized spacial score (nSPS) is 11.1. The largest absolute Gasteiger partial charge is 0.448 e. The molecular weight excluding hydrogens is 370 g/mol. The highest BCUT2D eigenvalue weighted by Crippen LogP contribution is 2.26. The third kappa shape index (κ3) is 4.47. The van der Waals surface area contributed by atoms with Crippen molar-refractivity contribution >= 4 is 34.7 Å². The maximum absolute atomic E-state index is 12.2. The van der Waals surface area contributed by atoms with Gasteiger partial charge in [0.2, 0.25) is 5.91 Å². The fraction of sp³-hybridized carbons (Fsp3) is 0.0455.